The highest BCUT2D eigenvalue weighted by Gasteiger charge is 2.50. The van der Waals surface area contributed by atoms with Crippen molar-refractivity contribution >= 4 is 11.6 Å². The number of aliphatic hydroxyl groups is 1. The Bertz CT molecular complexity index is 1050. The fraction of sp³-hybridized carbons (Fsp3) is 0.440. The number of aryl methyl sites for hydroxylation is 1. The van der Waals surface area contributed by atoms with Crippen molar-refractivity contribution in [3.63, 3.8) is 0 Å². The van der Waals surface area contributed by atoms with E-state index < -0.39 is 22.7 Å². The molecule has 2 aliphatic heterocycles. The standard InChI is InChI=1S/C25H26F3N3O2/c26-25(27,28)22-12-21(8-7-19(22)13-29)31-14-20-10-11-30(15-24(20,16-31)17-32)23(33)9-6-18-4-2-1-3-5-18/h1-5,7-8,12,20,32H,6,9-11,14-17H2/t20-,24+/m0/s1. The monoisotopic (exact) mass is 457 g/mol. The first-order valence-electron chi connectivity index (χ1n) is 11.0. The van der Waals surface area contributed by atoms with Crippen molar-refractivity contribution in [3.05, 3.63) is 65.2 Å². The summed E-state index contributed by atoms with van der Waals surface area (Å²) in [6, 6.07) is 15.1. The molecule has 0 bridgehead atoms. The molecule has 2 aromatic carbocycles. The van der Waals surface area contributed by atoms with Crippen LogP contribution in [0.5, 0.6) is 0 Å². The van der Waals surface area contributed by atoms with Crippen molar-refractivity contribution in [1.29, 1.82) is 5.26 Å². The average molecular weight is 457 g/mol. The van der Waals surface area contributed by atoms with Crippen LogP contribution < -0.4 is 4.90 Å². The molecule has 8 heteroatoms. The summed E-state index contributed by atoms with van der Waals surface area (Å²) in [5, 5.41) is 19.4. The van der Waals surface area contributed by atoms with E-state index in [1.807, 2.05) is 35.2 Å². The van der Waals surface area contributed by atoms with Gasteiger partial charge >= 0.3 is 6.18 Å². The predicted octanol–water partition coefficient (Wildman–Crippen LogP) is 3.86. The van der Waals surface area contributed by atoms with Gasteiger partial charge in [-0.25, -0.2) is 0 Å². The SMILES string of the molecule is N#Cc1ccc(N2C[C@@H]3CCN(C(=O)CCc4ccccc4)C[C@]3(CO)C2)cc1C(F)(F)F. The van der Waals surface area contributed by atoms with Gasteiger partial charge in [-0.2, -0.15) is 18.4 Å². The minimum absolute atomic E-state index is 0.0290. The molecule has 33 heavy (non-hydrogen) atoms. The number of nitrogens with zero attached hydrogens (tertiary/aromatic N) is 3. The van der Waals surface area contributed by atoms with Gasteiger partial charge in [0.05, 0.1) is 23.8 Å². The fourth-order valence-electron chi connectivity index (χ4n) is 5.13. The Labute approximate surface area is 191 Å². The van der Waals surface area contributed by atoms with E-state index in [0.29, 0.717) is 51.1 Å². The molecule has 0 aliphatic carbocycles. The highest BCUT2D eigenvalue weighted by Crippen LogP contribution is 2.44. The normalized spacial score (nSPS) is 22.7. The minimum atomic E-state index is -4.62. The van der Waals surface area contributed by atoms with Crippen LogP contribution in [0.3, 0.4) is 0 Å². The number of carbonyl (C=O) groups is 1. The number of piperidine rings is 1. The first-order chi connectivity index (χ1) is 15.8. The maximum absolute atomic E-state index is 13.4. The summed E-state index contributed by atoms with van der Waals surface area (Å²) < 4.78 is 40.3. The lowest BCUT2D eigenvalue weighted by Gasteiger charge is -2.43. The molecule has 2 saturated heterocycles. The number of carbonyl (C=O) groups excluding carboxylic acids is 1. The third-order valence-electron chi connectivity index (χ3n) is 7.00. The van der Waals surface area contributed by atoms with Crippen LogP contribution in [-0.4, -0.2) is 48.7 Å². The molecule has 5 nitrogen and oxygen atoms in total. The van der Waals surface area contributed by atoms with Gasteiger partial charge in [0.1, 0.15) is 0 Å². The molecule has 0 unspecified atom stereocenters. The smallest absolute Gasteiger partial charge is 0.396 e. The van der Waals surface area contributed by atoms with Crippen molar-refractivity contribution in [2.24, 2.45) is 11.3 Å². The zero-order valence-corrected chi connectivity index (χ0v) is 18.2. The van der Waals surface area contributed by atoms with E-state index in [4.69, 9.17) is 5.26 Å². The summed E-state index contributed by atoms with van der Waals surface area (Å²) in [6.07, 6.45) is -2.91. The molecule has 0 radical (unpaired) electrons. The number of likely N-dealkylation sites (tertiary alicyclic amines) is 1. The molecule has 0 spiro atoms. The van der Waals surface area contributed by atoms with Crippen LogP contribution in [0.25, 0.3) is 0 Å². The molecule has 1 N–H and O–H groups in total. The van der Waals surface area contributed by atoms with Gasteiger partial charge in [0.15, 0.2) is 0 Å². The second kappa shape index (κ2) is 9.06. The van der Waals surface area contributed by atoms with Crippen LogP contribution in [0.15, 0.2) is 48.5 Å². The largest absolute Gasteiger partial charge is 0.417 e. The van der Waals surface area contributed by atoms with Crippen LogP contribution >= 0.6 is 0 Å². The summed E-state index contributed by atoms with van der Waals surface area (Å²) in [5.74, 6) is 0.104. The van der Waals surface area contributed by atoms with E-state index in [9.17, 15) is 23.1 Å². The van der Waals surface area contributed by atoms with Gasteiger partial charge in [0.25, 0.3) is 0 Å². The molecule has 4 rings (SSSR count). The van der Waals surface area contributed by atoms with E-state index >= 15 is 0 Å². The molecular weight excluding hydrogens is 431 g/mol. The fourth-order valence-corrected chi connectivity index (χ4v) is 5.13. The molecule has 1 amide bonds. The van der Waals surface area contributed by atoms with Crippen molar-refractivity contribution in [2.45, 2.75) is 25.4 Å². The van der Waals surface area contributed by atoms with E-state index in [1.54, 1.807) is 11.0 Å². The van der Waals surface area contributed by atoms with E-state index in [-0.39, 0.29) is 18.4 Å². The van der Waals surface area contributed by atoms with Crippen molar-refractivity contribution in [2.75, 3.05) is 37.7 Å². The molecular formula is C25H26F3N3O2. The van der Waals surface area contributed by atoms with Crippen LogP contribution in [0, 0.1) is 22.7 Å². The maximum atomic E-state index is 13.4. The minimum Gasteiger partial charge on any atom is -0.396 e. The molecule has 2 aliphatic rings. The van der Waals surface area contributed by atoms with E-state index in [0.717, 1.165) is 11.6 Å². The number of rotatable bonds is 5. The van der Waals surface area contributed by atoms with Crippen LogP contribution in [0.4, 0.5) is 18.9 Å². The number of aliphatic hydroxyl groups excluding tert-OH is 1. The van der Waals surface area contributed by atoms with E-state index in [2.05, 4.69) is 0 Å². The van der Waals surface area contributed by atoms with E-state index in [1.165, 1.54) is 12.1 Å². The quantitative estimate of drug-likeness (QED) is 0.741. The number of amides is 1. The second-order valence-corrected chi connectivity index (χ2v) is 9.03. The lowest BCUT2D eigenvalue weighted by molar-refractivity contribution is -0.138. The Morgan fingerprint density at radius 2 is 1.94 bits per heavy atom. The number of nitriles is 1. The van der Waals surface area contributed by atoms with Gasteiger partial charge in [0.2, 0.25) is 5.91 Å². The molecule has 0 saturated carbocycles. The third-order valence-corrected chi connectivity index (χ3v) is 7.00. The highest BCUT2D eigenvalue weighted by atomic mass is 19.4. The summed E-state index contributed by atoms with van der Waals surface area (Å²) in [4.78, 5) is 16.5. The number of hydrogen-bond acceptors (Lipinski definition) is 4. The Hall–Kier alpha value is -3.05. The Balaban J connectivity index is 1.48. The van der Waals surface area contributed by atoms with Gasteiger partial charge in [-0.15, -0.1) is 0 Å². The molecule has 2 atom stereocenters. The molecule has 2 fully saturated rings. The molecule has 2 aromatic rings. The number of hydrogen-bond donors (Lipinski definition) is 1. The number of benzene rings is 2. The topological polar surface area (TPSA) is 67.6 Å². The van der Waals surface area contributed by atoms with Crippen LogP contribution in [0.2, 0.25) is 0 Å². The van der Waals surface area contributed by atoms with Crippen molar-refractivity contribution < 1.29 is 23.1 Å². The third kappa shape index (κ3) is 4.69. The zero-order valence-electron chi connectivity index (χ0n) is 18.2. The van der Waals surface area contributed by atoms with Gasteiger partial charge in [0, 0.05) is 43.7 Å². The number of fused-ring (bicyclic) bond motifs is 1. The Morgan fingerprint density at radius 3 is 2.61 bits per heavy atom. The lowest BCUT2D eigenvalue weighted by Crippen LogP contribution is -2.52. The van der Waals surface area contributed by atoms with Gasteiger partial charge < -0.3 is 14.9 Å². The first-order valence-corrected chi connectivity index (χ1v) is 11.0. The Kier molecular flexibility index (Phi) is 6.35. The van der Waals surface area contributed by atoms with Gasteiger partial charge in [-0.1, -0.05) is 30.3 Å². The van der Waals surface area contributed by atoms with Crippen LogP contribution in [-0.2, 0) is 17.4 Å². The predicted molar refractivity (Wildman–Crippen MR) is 117 cm³/mol. The average Bonchev–Trinajstić information content (AvgIpc) is 3.21. The van der Waals surface area contributed by atoms with Crippen molar-refractivity contribution in [1.82, 2.24) is 4.90 Å². The highest BCUT2D eigenvalue weighted by molar-refractivity contribution is 5.76. The van der Waals surface area contributed by atoms with Crippen molar-refractivity contribution in [3.8, 4) is 6.07 Å². The maximum Gasteiger partial charge on any atom is 0.417 e. The Morgan fingerprint density at radius 1 is 1.18 bits per heavy atom. The molecule has 0 aromatic heterocycles. The number of alkyl halides is 3. The van der Waals surface area contributed by atoms with Gasteiger partial charge in [-0.05, 0) is 42.5 Å². The summed E-state index contributed by atoms with van der Waals surface area (Å²) >= 11 is 0. The summed E-state index contributed by atoms with van der Waals surface area (Å²) in [6.45, 7) is 1.70. The second-order valence-electron chi connectivity index (χ2n) is 9.03. The summed E-state index contributed by atoms with van der Waals surface area (Å²) in [7, 11) is 0. The molecule has 2 heterocycles. The zero-order chi connectivity index (χ0) is 23.6. The number of anilines is 1. The first kappa shape index (κ1) is 23.1. The lowest BCUT2D eigenvalue weighted by atomic mass is 9.74. The summed E-state index contributed by atoms with van der Waals surface area (Å²) in [5.41, 5.74) is -0.466. The number of halogens is 3. The molecule has 174 valence electrons. The van der Waals surface area contributed by atoms with Crippen LogP contribution in [0.1, 0.15) is 29.5 Å². The van der Waals surface area contributed by atoms with Gasteiger partial charge in [-0.3, -0.25) is 4.79 Å².